The van der Waals surface area contributed by atoms with Crippen molar-refractivity contribution in [3.05, 3.63) is 12.4 Å². The SMILES string of the molecule is Cn1cc(NC2CC(=O)N(C3CCCCCC3)C2=O)cn1. The number of likely N-dealkylation sites (tertiary alicyclic amines) is 1. The molecular weight excluding hydrogens is 268 g/mol. The number of carbonyl (C=O) groups is 2. The van der Waals surface area contributed by atoms with Crippen LogP contribution in [0.5, 0.6) is 0 Å². The Bertz CT molecular complexity index is 532. The second-order valence-corrected chi connectivity index (χ2v) is 6.05. The van der Waals surface area contributed by atoms with Crippen LogP contribution in [0.15, 0.2) is 12.4 Å². The molecule has 0 radical (unpaired) electrons. The van der Waals surface area contributed by atoms with E-state index in [-0.39, 0.29) is 24.3 Å². The van der Waals surface area contributed by atoms with Gasteiger partial charge in [-0.1, -0.05) is 25.7 Å². The number of nitrogens with one attached hydrogen (secondary N) is 1. The first-order valence-electron chi connectivity index (χ1n) is 7.76. The Hall–Kier alpha value is -1.85. The lowest BCUT2D eigenvalue weighted by Crippen LogP contribution is -2.42. The molecule has 21 heavy (non-hydrogen) atoms. The van der Waals surface area contributed by atoms with Gasteiger partial charge < -0.3 is 5.32 Å². The minimum Gasteiger partial charge on any atom is -0.371 e. The van der Waals surface area contributed by atoms with Crippen LogP contribution in [0.1, 0.15) is 44.9 Å². The Morgan fingerprint density at radius 3 is 2.52 bits per heavy atom. The number of hydrogen-bond acceptors (Lipinski definition) is 4. The van der Waals surface area contributed by atoms with Gasteiger partial charge in [-0.3, -0.25) is 19.2 Å². The van der Waals surface area contributed by atoms with Gasteiger partial charge in [0, 0.05) is 19.3 Å². The van der Waals surface area contributed by atoms with Crippen LogP contribution in [0, 0.1) is 0 Å². The molecule has 1 aromatic heterocycles. The Balaban J connectivity index is 1.69. The molecule has 1 atom stereocenters. The number of nitrogens with zero attached hydrogens (tertiary/aromatic N) is 3. The van der Waals surface area contributed by atoms with Crippen molar-refractivity contribution in [3.8, 4) is 0 Å². The number of imide groups is 1. The van der Waals surface area contributed by atoms with Gasteiger partial charge in [0.2, 0.25) is 5.91 Å². The van der Waals surface area contributed by atoms with Gasteiger partial charge in [0.15, 0.2) is 0 Å². The predicted octanol–water partition coefficient (Wildman–Crippen LogP) is 1.68. The number of anilines is 1. The van der Waals surface area contributed by atoms with Crippen molar-refractivity contribution in [2.24, 2.45) is 7.05 Å². The molecule has 1 saturated heterocycles. The number of aromatic nitrogens is 2. The van der Waals surface area contributed by atoms with E-state index in [1.165, 1.54) is 17.7 Å². The molecule has 1 N–H and O–H groups in total. The molecule has 2 aliphatic rings. The van der Waals surface area contributed by atoms with Gasteiger partial charge in [0.25, 0.3) is 5.91 Å². The molecule has 6 nitrogen and oxygen atoms in total. The molecule has 1 unspecified atom stereocenters. The monoisotopic (exact) mass is 290 g/mol. The summed E-state index contributed by atoms with van der Waals surface area (Å²) >= 11 is 0. The maximum Gasteiger partial charge on any atom is 0.252 e. The lowest BCUT2D eigenvalue weighted by Gasteiger charge is -2.25. The van der Waals surface area contributed by atoms with E-state index in [1.807, 2.05) is 13.2 Å². The van der Waals surface area contributed by atoms with Gasteiger partial charge in [0.05, 0.1) is 18.3 Å². The Morgan fingerprint density at radius 2 is 1.90 bits per heavy atom. The first kappa shape index (κ1) is 14.1. The van der Waals surface area contributed by atoms with Crippen molar-refractivity contribution in [2.75, 3.05) is 5.32 Å². The van der Waals surface area contributed by atoms with E-state index in [1.54, 1.807) is 10.9 Å². The number of amides is 2. The van der Waals surface area contributed by atoms with Gasteiger partial charge in [-0.15, -0.1) is 0 Å². The van der Waals surface area contributed by atoms with Crippen molar-refractivity contribution in [1.82, 2.24) is 14.7 Å². The van der Waals surface area contributed by atoms with Crippen molar-refractivity contribution < 1.29 is 9.59 Å². The van der Waals surface area contributed by atoms with Gasteiger partial charge in [-0.05, 0) is 12.8 Å². The summed E-state index contributed by atoms with van der Waals surface area (Å²) in [5.41, 5.74) is 0.784. The average molecular weight is 290 g/mol. The zero-order valence-corrected chi connectivity index (χ0v) is 12.4. The summed E-state index contributed by atoms with van der Waals surface area (Å²) in [7, 11) is 1.82. The highest BCUT2D eigenvalue weighted by Gasteiger charge is 2.42. The quantitative estimate of drug-likeness (QED) is 0.679. The van der Waals surface area contributed by atoms with Crippen molar-refractivity contribution in [3.63, 3.8) is 0 Å². The molecular formula is C15H22N4O2. The molecule has 1 aliphatic carbocycles. The fraction of sp³-hybridized carbons (Fsp3) is 0.667. The number of aryl methyl sites for hydroxylation is 1. The molecule has 0 aromatic carbocycles. The van der Waals surface area contributed by atoms with Crippen molar-refractivity contribution in [1.29, 1.82) is 0 Å². The maximum absolute atomic E-state index is 12.6. The summed E-state index contributed by atoms with van der Waals surface area (Å²) in [4.78, 5) is 26.3. The summed E-state index contributed by atoms with van der Waals surface area (Å²) < 4.78 is 1.67. The van der Waals surface area contributed by atoms with E-state index in [4.69, 9.17) is 0 Å². The normalized spacial score (nSPS) is 24.4. The second-order valence-electron chi connectivity index (χ2n) is 6.05. The van der Waals surface area contributed by atoms with E-state index in [0.29, 0.717) is 0 Å². The Labute approximate surface area is 124 Å². The van der Waals surface area contributed by atoms with Crippen LogP contribution in [-0.4, -0.2) is 38.6 Å². The minimum absolute atomic E-state index is 0.0340. The van der Waals surface area contributed by atoms with Gasteiger partial charge >= 0.3 is 0 Å². The third kappa shape index (κ3) is 2.94. The number of hydrogen-bond donors (Lipinski definition) is 1. The predicted molar refractivity (Wildman–Crippen MR) is 78.6 cm³/mol. The van der Waals surface area contributed by atoms with Crippen LogP contribution < -0.4 is 5.32 Å². The molecule has 2 amide bonds. The maximum atomic E-state index is 12.6. The van der Waals surface area contributed by atoms with Gasteiger partial charge in [0.1, 0.15) is 6.04 Å². The fourth-order valence-electron chi connectivity index (χ4n) is 3.36. The third-order valence-corrected chi connectivity index (χ3v) is 4.42. The molecule has 2 heterocycles. The number of carbonyl (C=O) groups excluding carboxylic acids is 2. The highest BCUT2D eigenvalue weighted by atomic mass is 16.2. The summed E-state index contributed by atoms with van der Waals surface area (Å²) in [6, 6.07) is -0.335. The summed E-state index contributed by atoms with van der Waals surface area (Å²) in [5, 5.41) is 7.20. The minimum atomic E-state index is -0.440. The van der Waals surface area contributed by atoms with Crippen LogP contribution in [0.25, 0.3) is 0 Å². The standard InChI is InChI=1S/C15H22N4O2/c1-18-10-11(9-16-18)17-13-8-14(20)19(15(13)21)12-6-4-2-3-5-7-12/h9-10,12-13,17H,2-8H2,1H3. The van der Waals surface area contributed by atoms with Crippen molar-refractivity contribution >= 4 is 17.5 Å². The van der Waals surface area contributed by atoms with Crippen LogP contribution in [0.3, 0.4) is 0 Å². The summed E-state index contributed by atoms with van der Waals surface area (Å²) in [6.07, 6.45) is 10.3. The molecule has 1 saturated carbocycles. The fourth-order valence-corrected chi connectivity index (χ4v) is 3.36. The molecule has 3 rings (SSSR count). The van der Waals surface area contributed by atoms with Crippen LogP contribution in [-0.2, 0) is 16.6 Å². The largest absolute Gasteiger partial charge is 0.371 e. The lowest BCUT2D eigenvalue weighted by atomic mass is 10.1. The highest BCUT2D eigenvalue weighted by Crippen LogP contribution is 2.27. The topological polar surface area (TPSA) is 67.2 Å². The molecule has 114 valence electrons. The lowest BCUT2D eigenvalue weighted by molar-refractivity contribution is -0.141. The summed E-state index contributed by atoms with van der Waals surface area (Å²) in [6.45, 7) is 0. The van der Waals surface area contributed by atoms with Crippen LogP contribution in [0.2, 0.25) is 0 Å². The highest BCUT2D eigenvalue weighted by molar-refractivity contribution is 6.07. The number of rotatable bonds is 3. The molecule has 2 fully saturated rings. The Kier molecular flexibility index (Phi) is 3.94. The van der Waals surface area contributed by atoms with Gasteiger partial charge in [-0.25, -0.2) is 0 Å². The first-order chi connectivity index (χ1) is 10.1. The van der Waals surface area contributed by atoms with E-state index in [0.717, 1.165) is 31.4 Å². The average Bonchev–Trinajstić information content (AvgIpc) is 2.84. The molecule has 0 bridgehead atoms. The molecule has 1 aliphatic heterocycles. The first-order valence-corrected chi connectivity index (χ1v) is 7.76. The molecule has 0 spiro atoms. The van der Waals surface area contributed by atoms with E-state index in [2.05, 4.69) is 10.4 Å². The zero-order valence-electron chi connectivity index (χ0n) is 12.4. The zero-order chi connectivity index (χ0) is 14.8. The third-order valence-electron chi connectivity index (χ3n) is 4.42. The van der Waals surface area contributed by atoms with E-state index >= 15 is 0 Å². The summed E-state index contributed by atoms with van der Waals surface area (Å²) in [5.74, 6) is -0.107. The molecule has 1 aromatic rings. The Morgan fingerprint density at radius 1 is 1.19 bits per heavy atom. The van der Waals surface area contributed by atoms with Crippen LogP contribution in [0.4, 0.5) is 5.69 Å². The molecule has 6 heteroatoms. The van der Waals surface area contributed by atoms with Crippen molar-refractivity contribution in [2.45, 2.75) is 57.0 Å². The second kappa shape index (κ2) is 5.87. The smallest absolute Gasteiger partial charge is 0.252 e. The van der Waals surface area contributed by atoms with Gasteiger partial charge in [-0.2, -0.15) is 5.10 Å². The van der Waals surface area contributed by atoms with E-state index < -0.39 is 6.04 Å². The van der Waals surface area contributed by atoms with E-state index in [9.17, 15) is 9.59 Å². The van der Waals surface area contributed by atoms with Crippen LogP contribution >= 0.6 is 0 Å².